The molecule has 21 heavy (non-hydrogen) atoms. The van der Waals surface area contributed by atoms with Crippen LogP contribution in [0.5, 0.6) is 5.75 Å². The Balaban J connectivity index is 1.92. The molecule has 1 fully saturated rings. The van der Waals surface area contributed by atoms with Crippen LogP contribution in [0.1, 0.15) is 42.9 Å². The van der Waals surface area contributed by atoms with Crippen molar-refractivity contribution in [1.29, 1.82) is 0 Å². The zero-order chi connectivity index (χ0) is 15.3. The van der Waals surface area contributed by atoms with E-state index in [1.807, 2.05) is 36.9 Å². The molecular formula is C17H27NO2S. The van der Waals surface area contributed by atoms with Gasteiger partial charge in [-0.3, -0.25) is 0 Å². The molecule has 0 saturated heterocycles. The number of aryl methyl sites for hydroxylation is 1. The second-order valence-corrected chi connectivity index (χ2v) is 7.26. The first kappa shape index (κ1) is 16.7. The van der Waals surface area contributed by atoms with Crippen molar-refractivity contribution >= 4 is 11.8 Å². The average Bonchev–Trinajstić information content (AvgIpc) is 2.96. The predicted octanol–water partition coefficient (Wildman–Crippen LogP) is 3.30. The third-order valence-corrected chi connectivity index (χ3v) is 5.90. The largest absolute Gasteiger partial charge is 0.496 e. The number of methoxy groups -OCH3 is 1. The van der Waals surface area contributed by atoms with Crippen LogP contribution in [0.15, 0.2) is 18.2 Å². The Morgan fingerprint density at radius 1 is 1.38 bits per heavy atom. The van der Waals surface area contributed by atoms with Crippen LogP contribution in [0.2, 0.25) is 0 Å². The summed E-state index contributed by atoms with van der Waals surface area (Å²) in [5.41, 5.74) is 2.01. The fourth-order valence-corrected chi connectivity index (χ4v) is 4.08. The van der Waals surface area contributed by atoms with E-state index in [0.717, 1.165) is 23.4 Å². The molecular weight excluding hydrogens is 282 g/mol. The monoisotopic (exact) mass is 309 g/mol. The van der Waals surface area contributed by atoms with Crippen molar-refractivity contribution < 1.29 is 9.84 Å². The molecule has 0 aliphatic heterocycles. The van der Waals surface area contributed by atoms with Crippen molar-refractivity contribution in [3.63, 3.8) is 0 Å². The van der Waals surface area contributed by atoms with Gasteiger partial charge in [-0.2, -0.15) is 11.8 Å². The van der Waals surface area contributed by atoms with E-state index in [2.05, 4.69) is 11.6 Å². The molecule has 0 amide bonds. The van der Waals surface area contributed by atoms with E-state index in [1.165, 1.54) is 25.7 Å². The van der Waals surface area contributed by atoms with E-state index < -0.39 is 6.10 Å². The van der Waals surface area contributed by atoms with Crippen LogP contribution < -0.4 is 10.1 Å². The standard InChI is InChI=1S/C17H27NO2S/c1-13-6-7-16(20-2)14(10-13)15(19)11-18-12-17(21-3)8-4-5-9-17/h6-7,10,15,18-19H,4-5,8-9,11-12H2,1-3H3. The highest BCUT2D eigenvalue weighted by Crippen LogP contribution is 2.39. The summed E-state index contributed by atoms with van der Waals surface area (Å²) < 4.78 is 5.72. The summed E-state index contributed by atoms with van der Waals surface area (Å²) in [7, 11) is 1.65. The van der Waals surface area contributed by atoms with Crippen LogP contribution in [0.3, 0.4) is 0 Å². The first-order valence-electron chi connectivity index (χ1n) is 7.69. The van der Waals surface area contributed by atoms with Crippen LogP contribution in [0.25, 0.3) is 0 Å². The molecule has 0 heterocycles. The number of ether oxygens (including phenoxy) is 1. The molecule has 1 atom stereocenters. The Hall–Kier alpha value is -0.710. The van der Waals surface area contributed by atoms with Crippen molar-refractivity contribution in [2.75, 3.05) is 26.5 Å². The van der Waals surface area contributed by atoms with Gasteiger partial charge < -0.3 is 15.2 Å². The second-order valence-electron chi connectivity index (χ2n) is 5.99. The smallest absolute Gasteiger partial charge is 0.124 e. The summed E-state index contributed by atoms with van der Waals surface area (Å²) in [5, 5.41) is 13.9. The van der Waals surface area contributed by atoms with Gasteiger partial charge in [-0.15, -0.1) is 0 Å². The second kappa shape index (κ2) is 7.52. The van der Waals surface area contributed by atoms with Gasteiger partial charge in [0.2, 0.25) is 0 Å². The molecule has 3 nitrogen and oxygen atoms in total. The Morgan fingerprint density at radius 3 is 2.71 bits per heavy atom. The van der Waals surface area contributed by atoms with Gasteiger partial charge in [0.1, 0.15) is 5.75 Å². The van der Waals surface area contributed by atoms with Crippen molar-refractivity contribution in [3.05, 3.63) is 29.3 Å². The van der Waals surface area contributed by atoms with Gasteiger partial charge >= 0.3 is 0 Å². The van der Waals surface area contributed by atoms with Crippen LogP contribution in [-0.4, -0.2) is 36.3 Å². The molecule has 1 unspecified atom stereocenters. The van der Waals surface area contributed by atoms with Gasteiger partial charge in [0, 0.05) is 23.4 Å². The summed E-state index contributed by atoms with van der Waals surface area (Å²) in [6, 6.07) is 5.93. The fourth-order valence-electron chi connectivity index (χ4n) is 3.13. The number of hydrogen-bond donors (Lipinski definition) is 2. The van der Waals surface area contributed by atoms with E-state index >= 15 is 0 Å². The molecule has 0 aromatic heterocycles. The van der Waals surface area contributed by atoms with Crippen molar-refractivity contribution in [2.45, 2.75) is 43.5 Å². The van der Waals surface area contributed by atoms with Crippen molar-refractivity contribution in [1.82, 2.24) is 5.32 Å². The lowest BCUT2D eigenvalue weighted by Crippen LogP contribution is -2.37. The van der Waals surface area contributed by atoms with Crippen molar-refractivity contribution in [2.24, 2.45) is 0 Å². The Kier molecular flexibility index (Phi) is 5.97. The van der Waals surface area contributed by atoms with Crippen LogP contribution in [0, 0.1) is 6.92 Å². The first-order valence-corrected chi connectivity index (χ1v) is 8.91. The number of benzene rings is 1. The minimum Gasteiger partial charge on any atom is -0.496 e. The Morgan fingerprint density at radius 2 is 2.10 bits per heavy atom. The topological polar surface area (TPSA) is 41.5 Å². The molecule has 1 aromatic carbocycles. The molecule has 0 spiro atoms. The SMILES string of the molecule is COc1ccc(C)cc1C(O)CNCC1(SC)CCCC1. The lowest BCUT2D eigenvalue weighted by Gasteiger charge is -2.28. The summed E-state index contributed by atoms with van der Waals surface area (Å²) in [5.74, 6) is 0.760. The average molecular weight is 309 g/mol. The number of hydrogen-bond acceptors (Lipinski definition) is 4. The number of nitrogens with one attached hydrogen (secondary N) is 1. The highest BCUT2D eigenvalue weighted by atomic mass is 32.2. The van der Waals surface area contributed by atoms with Crippen LogP contribution >= 0.6 is 11.8 Å². The van der Waals surface area contributed by atoms with E-state index in [0.29, 0.717) is 11.3 Å². The summed E-state index contributed by atoms with van der Waals surface area (Å²) in [6.07, 6.45) is 6.90. The molecule has 1 aliphatic carbocycles. The van der Waals surface area contributed by atoms with Crippen molar-refractivity contribution in [3.8, 4) is 5.75 Å². The van der Waals surface area contributed by atoms with Gasteiger partial charge in [0.15, 0.2) is 0 Å². The molecule has 0 radical (unpaired) electrons. The van der Waals surface area contributed by atoms with Gasteiger partial charge in [-0.05, 0) is 38.2 Å². The predicted molar refractivity (Wildman–Crippen MR) is 90.3 cm³/mol. The molecule has 1 aliphatic rings. The van der Waals surface area contributed by atoms with E-state index in [1.54, 1.807) is 7.11 Å². The summed E-state index contributed by atoms with van der Waals surface area (Å²) >= 11 is 1.97. The van der Waals surface area contributed by atoms with Gasteiger partial charge in [0.05, 0.1) is 13.2 Å². The molecule has 1 saturated carbocycles. The zero-order valence-corrected chi connectivity index (χ0v) is 14.1. The third kappa shape index (κ3) is 4.15. The summed E-state index contributed by atoms with van der Waals surface area (Å²) in [4.78, 5) is 0. The fraction of sp³-hybridized carbons (Fsp3) is 0.647. The van der Waals surface area contributed by atoms with E-state index in [9.17, 15) is 5.11 Å². The Bertz CT molecular complexity index is 458. The van der Waals surface area contributed by atoms with Gasteiger partial charge in [0.25, 0.3) is 0 Å². The number of aliphatic hydroxyl groups is 1. The highest BCUT2D eigenvalue weighted by molar-refractivity contribution is 8.00. The molecule has 1 aromatic rings. The van der Waals surface area contributed by atoms with E-state index in [-0.39, 0.29) is 0 Å². The summed E-state index contributed by atoms with van der Waals surface area (Å²) in [6.45, 7) is 3.58. The maximum atomic E-state index is 10.4. The maximum absolute atomic E-state index is 10.4. The quantitative estimate of drug-likeness (QED) is 0.811. The molecule has 118 valence electrons. The molecule has 4 heteroatoms. The van der Waals surface area contributed by atoms with Gasteiger partial charge in [-0.1, -0.05) is 24.5 Å². The third-order valence-electron chi connectivity index (χ3n) is 4.48. The number of thioether (sulfide) groups is 1. The molecule has 2 N–H and O–H groups in total. The van der Waals surface area contributed by atoms with Gasteiger partial charge in [-0.25, -0.2) is 0 Å². The van der Waals surface area contributed by atoms with Crippen LogP contribution in [-0.2, 0) is 0 Å². The van der Waals surface area contributed by atoms with Crippen LogP contribution in [0.4, 0.5) is 0 Å². The highest BCUT2D eigenvalue weighted by Gasteiger charge is 2.32. The lowest BCUT2D eigenvalue weighted by molar-refractivity contribution is 0.169. The zero-order valence-electron chi connectivity index (χ0n) is 13.3. The normalized spacial score (nSPS) is 18.7. The molecule has 2 rings (SSSR count). The maximum Gasteiger partial charge on any atom is 0.124 e. The molecule has 0 bridgehead atoms. The van der Waals surface area contributed by atoms with E-state index in [4.69, 9.17) is 4.74 Å². The lowest BCUT2D eigenvalue weighted by atomic mass is 10.0. The number of aliphatic hydroxyl groups excluding tert-OH is 1. The number of rotatable bonds is 7. The first-order chi connectivity index (χ1) is 10.1. The minimum atomic E-state index is -0.528. The minimum absolute atomic E-state index is 0.371. The Labute approximate surface area is 132 Å².